The van der Waals surface area contributed by atoms with Gasteiger partial charge in [0.25, 0.3) is 0 Å². The molecule has 1 aliphatic rings. The van der Waals surface area contributed by atoms with E-state index in [2.05, 4.69) is 10.1 Å². The van der Waals surface area contributed by atoms with Gasteiger partial charge in [0.2, 0.25) is 5.91 Å². The predicted molar refractivity (Wildman–Crippen MR) is 74.9 cm³/mol. The van der Waals surface area contributed by atoms with E-state index >= 15 is 0 Å². The van der Waals surface area contributed by atoms with Crippen LogP contribution in [-0.4, -0.2) is 18.1 Å². The number of hydrogen-bond donors (Lipinski definition) is 2. The van der Waals surface area contributed by atoms with E-state index in [1.54, 1.807) is 26.0 Å². The molecule has 3 N–H and O–H groups in total. The Kier molecular flexibility index (Phi) is 4.46. The van der Waals surface area contributed by atoms with Crippen LogP contribution in [0.1, 0.15) is 38.3 Å². The number of nitrogens with two attached hydrogens (primary N) is 1. The molecular weight excluding hydrogens is 278 g/mol. The lowest BCUT2D eigenvalue weighted by atomic mass is 9.95. The summed E-state index contributed by atoms with van der Waals surface area (Å²) in [6, 6.07) is 5.95. The molecule has 21 heavy (non-hydrogen) atoms. The first-order chi connectivity index (χ1) is 9.80. The fourth-order valence-electron chi connectivity index (χ4n) is 2.26. The zero-order valence-electron chi connectivity index (χ0n) is 12.1. The van der Waals surface area contributed by atoms with Crippen molar-refractivity contribution in [2.75, 3.05) is 0 Å². The van der Waals surface area contributed by atoms with E-state index in [1.807, 2.05) is 0 Å². The normalized spacial score (nSPS) is 19.0. The fraction of sp³-hybridized carbons (Fsp3) is 0.533. The van der Waals surface area contributed by atoms with Crippen molar-refractivity contribution in [3.8, 4) is 5.75 Å². The van der Waals surface area contributed by atoms with E-state index in [0.29, 0.717) is 5.56 Å². The first kappa shape index (κ1) is 15.7. The molecule has 4 nitrogen and oxygen atoms in total. The molecule has 6 heteroatoms. The van der Waals surface area contributed by atoms with E-state index in [4.69, 9.17) is 5.73 Å². The summed E-state index contributed by atoms with van der Waals surface area (Å²) in [4.78, 5) is 12.2. The number of carbonyl (C=O) groups is 1. The Balaban J connectivity index is 2.02. The van der Waals surface area contributed by atoms with Gasteiger partial charge in [-0.1, -0.05) is 12.1 Å². The zero-order valence-corrected chi connectivity index (χ0v) is 12.1. The number of carbonyl (C=O) groups excluding carboxylic acids is 1. The first-order valence-corrected chi connectivity index (χ1v) is 6.95. The first-order valence-electron chi connectivity index (χ1n) is 6.95. The fourth-order valence-corrected chi connectivity index (χ4v) is 2.26. The molecule has 0 bridgehead atoms. The van der Waals surface area contributed by atoms with E-state index in [-0.39, 0.29) is 23.6 Å². The van der Waals surface area contributed by atoms with Crippen molar-refractivity contribution < 1.29 is 18.3 Å². The number of ether oxygens (including phenoxy) is 1. The van der Waals surface area contributed by atoms with Gasteiger partial charge in [0.05, 0.1) is 11.6 Å². The standard InChI is InChI=1S/C15H20F2N2O2/c1-9(19-13(20)15(2,18)11-6-7-11)10-4-3-5-12(8-10)21-14(16)17/h3-5,8-9,11,14H,6-7,18H2,1-2H3,(H,19,20). The van der Waals surface area contributed by atoms with Crippen LogP contribution in [0.15, 0.2) is 24.3 Å². The van der Waals surface area contributed by atoms with Crippen LogP contribution in [0.25, 0.3) is 0 Å². The third-order valence-electron chi connectivity index (χ3n) is 3.85. The van der Waals surface area contributed by atoms with Crippen LogP contribution in [0.2, 0.25) is 0 Å². The van der Waals surface area contributed by atoms with Gasteiger partial charge in [-0.2, -0.15) is 8.78 Å². The van der Waals surface area contributed by atoms with Gasteiger partial charge in [0, 0.05) is 0 Å². The van der Waals surface area contributed by atoms with Crippen molar-refractivity contribution in [2.45, 2.75) is 44.9 Å². The minimum Gasteiger partial charge on any atom is -0.435 e. The minimum absolute atomic E-state index is 0.0707. The Morgan fingerprint density at radius 1 is 1.48 bits per heavy atom. The van der Waals surface area contributed by atoms with Crippen LogP contribution in [0, 0.1) is 5.92 Å². The number of alkyl halides is 2. The average Bonchev–Trinajstić information content (AvgIpc) is 3.22. The number of hydrogen-bond acceptors (Lipinski definition) is 3. The van der Waals surface area contributed by atoms with Crippen molar-refractivity contribution in [3.63, 3.8) is 0 Å². The van der Waals surface area contributed by atoms with Crippen LogP contribution in [-0.2, 0) is 4.79 Å². The highest BCUT2D eigenvalue weighted by Gasteiger charge is 2.44. The summed E-state index contributed by atoms with van der Waals surface area (Å²) in [7, 11) is 0. The highest BCUT2D eigenvalue weighted by Crippen LogP contribution is 2.38. The van der Waals surface area contributed by atoms with Crippen LogP contribution in [0.3, 0.4) is 0 Å². The van der Waals surface area contributed by atoms with Gasteiger partial charge in [0.1, 0.15) is 5.75 Å². The molecule has 1 aromatic rings. The number of nitrogens with one attached hydrogen (secondary N) is 1. The lowest BCUT2D eigenvalue weighted by Crippen LogP contribution is -2.53. The molecule has 116 valence electrons. The average molecular weight is 298 g/mol. The van der Waals surface area contributed by atoms with Crippen molar-refractivity contribution >= 4 is 5.91 Å². The molecule has 0 saturated heterocycles. The smallest absolute Gasteiger partial charge is 0.387 e. The lowest BCUT2D eigenvalue weighted by molar-refractivity contribution is -0.127. The molecule has 0 aromatic heterocycles. The summed E-state index contributed by atoms with van der Waals surface area (Å²) >= 11 is 0. The number of rotatable bonds is 6. The Morgan fingerprint density at radius 2 is 2.14 bits per heavy atom. The third kappa shape index (κ3) is 3.91. The molecular formula is C15H20F2N2O2. The van der Waals surface area contributed by atoms with Crippen molar-refractivity contribution in [1.82, 2.24) is 5.32 Å². The second kappa shape index (κ2) is 5.97. The highest BCUT2D eigenvalue weighted by molar-refractivity contribution is 5.86. The van der Waals surface area contributed by atoms with Crippen molar-refractivity contribution in [1.29, 1.82) is 0 Å². The van der Waals surface area contributed by atoms with Crippen molar-refractivity contribution in [2.24, 2.45) is 11.7 Å². The van der Waals surface area contributed by atoms with E-state index in [0.717, 1.165) is 12.8 Å². The predicted octanol–water partition coefficient (Wildman–Crippen LogP) is 2.59. The van der Waals surface area contributed by atoms with E-state index < -0.39 is 12.2 Å². The molecule has 0 spiro atoms. The van der Waals surface area contributed by atoms with Crippen LogP contribution >= 0.6 is 0 Å². The largest absolute Gasteiger partial charge is 0.435 e. The number of halogens is 2. The maximum Gasteiger partial charge on any atom is 0.387 e. The number of benzene rings is 1. The Labute approximate surface area is 122 Å². The van der Waals surface area contributed by atoms with E-state index in [1.165, 1.54) is 12.1 Å². The number of amides is 1. The van der Waals surface area contributed by atoms with Gasteiger partial charge in [-0.05, 0) is 50.3 Å². The summed E-state index contributed by atoms with van der Waals surface area (Å²) in [5, 5.41) is 2.83. The summed E-state index contributed by atoms with van der Waals surface area (Å²) in [5.41, 5.74) is 5.86. The Hall–Kier alpha value is -1.69. The van der Waals surface area contributed by atoms with Crippen LogP contribution < -0.4 is 15.8 Å². The molecule has 2 unspecified atom stereocenters. The Morgan fingerprint density at radius 3 is 2.71 bits per heavy atom. The quantitative estimate of drug-likeness (QED) is 0.848. The van der Waals surface area contributed by atoms with Gasteiger partial charge in [-0.25, -0.2) is 0 Å². The highest BCUT2D eigenvalue weighted by atomic mass is 19.3. The molecule has 2 atom stereocenters. The molecule has 0 radical (unpaired) electrons. The summed E-state index contributed by atoms with van der Waals surface area (Å²) < 4.78 is 28.8. The minimum atomic E-state index is -2.87. The van der Waals surface area contributed by atoms with Gasteiger partial charge < -0.3 is 15.8 Å². The SMILES string of the molecule is CC(NC(=O)C(C)(N)C1CC1)c1cccc(OC(F)F)c1. The second-order valence-electron chi connectivity index (χ2n) is 5.70. The zero-order chi connectivity index (χ0) is 15.6. The van der Waals surface area contributed by atoms with Crippen LogP contribution in [0.4, 0.5) is 8.78 Å². The van der Waals surface area contributed by atoms with Gasteiger partial charge in [0.15, 0.2) is 0 Å². The van der Waals surface area contributed by atoms with Gasteiger partial charge in [-0.3, -0.25) is 4.79 Å². The summed E-state index contributed by atoms with van der Waals surface area (Å²) in [6.45, 7) is 0.637. The molecule has 1 aromatic carbocycles. The molecule has 1 saturated carbocycles. The third-order valence-corrected chi connectivity index (χ3v) is 3.85. The van der Waals surface area contributed by atoms with Gasteiger partial charge in [-0.15, -0.1) is 0 Å². The molecule has 2 rings (SSSR count). The summed E-state index contributed by atoms with van der Waals surface area (Å²) in [5.74, 6) is 0.0668. The monoisotopic (exact) mass is 298 g/mol. The summed E-state index contributed by atoms with van der Waals surface area (Å²) in [6.07, 6.45) is 1.93. The lowest BCUT2D eigenvalue weighted by Gasteiger charge is -2.26. The maximum atomic E-state index is 12.2. The van der Waals surface area contributed by atoms with E-state index in [9.17, 15) is 13.6 Å². The molecule has 1 aliphatic carbocycles. The van der Waals surface area contributed by atoms with Crippen LogP contribution in [0.5, 0.6) is 5.75 Å². The maximum absolute atomic E-state index is 12.2. The molecule has 0 aliphatic heterocycles. The molecule has 1 amide bonds. The Bertz CT molecular complexity index is 516. The molecule has 1 fully saturated rings. The van der Waals surface area contributed by atoms with Crippen molar-refractivity contribution in [3.05, 3.63) is 29.8 Å². The topological polar surface area (TPSA) is 64.4 Å². The second-order valence-corrected chi connectivity index (χ2v) is 5.70. The van der Waals surface area contributed by atoms with Gasteiger partial charge >= 0.3 is 6.61 Å². The molecule has 0 heterocycles.